The van der Waals surface area contributed by atoms with Crippen LogP contribution in [0.15, 0.2) is 17.1 Å². The Kier molecular flexibility index (Phi) is 4.75. The first-order valence-electron chi connectivity index (χ1n) is 7.41. The lowest BCUT2D eigenvalue weighted by atomic mass is 9.98. The Bertz CT molecular complexity index is 743. The predicted molar refractivity (Wildman–Crippen MR) is 87.9 cm³/mol. The van der Waals surface area contributed by atoms with Crippen molar-refractivity contribution in [3.05, 3.63) is 22.6 Å². The van der Waals surface area contributed by atoms with E-state index in [2.05, 4.69) is 15.2 Å². The normalized spacial score (nSPS) is 16.3. The van der Waals surface area contributed by atoms with Gasteiger partial charge in [0.25, 0.3) is 5.56 Å². The summed E-state index contributed by atoms with van der Waals surface area (Å²) < 4.78 is 5.23. The smallest absolute Gasteiger partial charge is 0.275 e. The van der Waals surface area contributed by atoms with Crippen LogP contribution in [-0.4, -0.2) is 51.3 Å². The standard InChI is InChI=1S/C14H19N4O4P/c1-22-11-6-10-7-15-17-14(19)12(10)13(16-11)18-4-2-9(3-5-18)8-23(20)21/h6-7,9,20-21H,2-5,8H2,1H3,(H,17,19). The highest BCUT2D eigenvalue weighted by molar-refractivity contribution is 7.45. The summed E-state index contributed by atoms with van der Waals surface area (Å²) in [4.78, 5) is 37.0. The zero-order valence-electron chi connectivity index (χ0n) is 12.8. The Morgan fingerprint density at radius 1 is 1.43 bits per heavy atom. The number of anilines is 1. The van der Waals surface area contributed by atoms with Crippen LogP contribution in [0.1, 0.15) is 12.8 Å². The van der Waals surface area contributed by atoms with Crippen LogP contribution in [0.3, 0.4) is 0 Å². The molecule has 23 heavy (non-hydrogen) atoms. The Balaban J connectivity index is 1.92. The van der Waals surface area contributed by atoms with E-state index in [4.69, 9.17) is 14.5 Å². The highest BCUT2D eigenvalue weighted by Crippen LogP contribution is 2.34. The van der Waals surface area contributed by atoms with Gasteiger partial charge in [-0.2, -0.15) is 10.1 Å². The number of ether oxygens (including phenoxy) is 1. The van der Waals surface area contributed by atoms with E-state index in [0.717, 1.165) is 12.8 Å². The van der Waals surface area contributed by atoms with E-state index in [1.165, 1.54) is 7.11 Å². The summed E-state index contributed by atoms with van der Waals surface area (Å²) in [7, 11) is -0.313. The van der Waals surface area contributed by atoms with Crippen LogP contribution in [0.4, 0.5) is 5.82 Å². The van der Waals surface area contributed by atoms with E-state index in [1.54, 1.807) is 12.3 Å². The maximum absolute atomic E-state index is 12.2. The molecular formula is C14H19N4O4P. The SMILES string of the molecule is COc1cc2cn[nH]c(=O)c2c(N2CCC(CP(O)O)CC2)n1. The minimum Gasteiger partial charge on any atom is -0.481 e. The number of aromatic amines is 1. The first kappa shape index (κ1) is 16.1. The van der Waals surface area contributed by atoms with Gasteiger partial charge in [0.2, 0.25) is 5.88 Å². The van der Waals surface area contributed by atoms with Crippen molar-refractivity contribution in [1.29, 1.82) is 0 Å². The van der Waals surface area contributed by atoms with E-state index >= 15 is 0 Å². The van der Waals surface area contributed by atoms with E-state index in [9.17, 15) is 4.79 Å². The Morgan fingerprint density at radius 2 is 2.17 bits per heavy atom. The average molecular weight is 338 g/mol. The predicted octanol–water partition coefficient (Wildman–Crippen LogP) is 0.840. The molecule has 1 saturated heterocycles. The Hall–Kier alpha value is -1.76. The molecule has 124 valence electrons. The molecule has 1 aliphatic heterocycles. The van der Waals surface area contributed by atoms with Gasteiger partial charge >= 0.3 is 0 Å². The highest BCUT2D eigenvalue weighted by atomic mass is 31.2. The summed E-state index contributed by atoms with van der Waals surface area (Å²) in [6.07, 6.45) is 3.70. The number of methoxy groups -OCH3 is 1. The third-order valence-electron chi connectivity index (χ3n) is 4.15. The van der Waals surface area contributed by atoms with Gasteiger partial charge in [0.15, 0.2) is 8.38 Å². The number of rotatable bonds is 4. The molecule has 0 saturated carbocycles. The zero-order chi connectivity index (χ0) is 16.4. The van der Waals surface area contributed by atoms with E-state index in [0.29, 0.717) is 47.6 Å². The minimum atomic E-state index is -1.85. The molecule has 0 aromatic carbocycles. The maximum atomic E-state index is 12.2. The molecule has 3 heterocycles. The summed E-state index contributed by atoms with van der Waals surface area (Å²) in [5.74, 6) is 1.33. The van der Waals surface area contributed by atoms with Gasteiger partial charge in [0, 0.05) is 30.7 Å². The van der Waals surface area contributed by atoms with Crippen LogP contribution in [0, 0.1) is 5.92 Å². The summed E-state index contributed by atoms with van der Waals surface area (Å²) in [5.41, 5.74) is -0.274. The van der Waals surface area contributed by atoms with E-state index in [1.807, 2.05) is 4.90 Å². The molecule has 8 nitrogen and oxygen atoms in total. The topological polar surface area (TPSA) is 112 Å². The largest absolute Gasteiger partial charge is 0.481 e. The average Bonchev–Trinajstić information content (AvgIpc) is 2.54. The number of fused-ring (bicyclic) bond motifs is 1. The van der Waals surface area contributed by atoms with Gasteiger partial charge in [-0.15, -0.1) is 0 Å². The van der Waals surface area contributed by atoms with Gasteiger partial charge < -0.3 is 19.4 Å². The minimum absolute atomic E-state index is 0.274. The Morgan fingerprint density at radius 3 is 2.83 bits per heavy atom. The number of hydrogen-bond donors (Lipinski definition) is 3. The van der Waals surface area contributed by atoms with Gasteiger partial charge in [0.1, 0.15) is 5.82 Å². The van der Waals surface area contributed by atoms with Crippen molar-refractivity contribution < 1.29 is 14.5 Å². The molecule has 3 rings (SSSR count). The fourth-order valence-corrected chi connectivity index (χ4v) is 3.80. The molecule has 3 N–H and O–H groups in total. The van der Waals surface area contributed by atoms with Gasteiger partial charge in [-0.1, -0.05) is 0 Å². The molecule has 2 aromatic rings. The number of aromatic nitrogens is 3. The first-order valence-corrected chi connectivity index (χ1v) is 8.84. The van der Waals surface area contributed by atoms with Crippen LogP contribution in [0.25, 0.3) is 10.8 Å². The molecule has 0 bridgehead atoms. The van der Waals surface area contributed by atoms with Crippen LogP contribution in [0.2, 0.25) is 0 Å². The molecule has 0 atom stereocenters. The van der Waals surface area contributed by atoms with Gasteiger partial charge in [-0.3, -0.25) is 4.79 Å². The number of pyridine rings is 1. The van der Waals surface area contributed by atoms with Crippen LogP contribution in [0.5, 0.6) is 5.88 Å². The molecule has 0 amide bonds. The third kappa shape index (κ3) is 3.44. The number of nitrogens with zero attached hydrogens (tertiary/aromatic N) is 3. The quantitative estimate of drug-likeness (QED) is 0.708. The lowest BCUT2D eigenvalue weighted by molar-refractivity contribution is 0.394. The van der Waals surface area contributed by atoms with Gasteiger partial charge in [0.05, 0.1) is 18.7 Å². The number of H-pyrrole nitrogens is 1. The second-order valence-corrected chi connectivity index (χ2v) is 6.75. The van der Waals surface area contributed by atoms with Crippen molar-refractivity contribution in [2.45, 2.75) is 12.8 Å². The molecule has 0 aliphatic carbocycles. The molecule has 0 radical (unpaired) electrons. The fourth-order valence-electron chi connectivity index (χ4n) is 2.97. The van der Waals surface area contributed by atoms with Crippen molar-refractivity contribution in [3.8, 4) is 5.88 Å². The highest BCUT2D eigenvalue weighted by Gasteiger charge is 2.24. The van der Waals surface area contributed by atoms with Crippen LogP contribution >= 0.6 is 8.38 Å². The lowest BCUT2D eigenvalue weighted by Gasteiger charge is -2.33. The van der Waals surface area contributed by atoms with Crippen molar-refractivity contribution >= 4 is 25.0 Å². The lowest BCUT2D eigenvalue weighted by Crippen LogP contribution is -2.36. The molecular weight excluding hydrogens is 319 g/mol. The van der Waals surface area contributed by atoms with Crippen molar-refractivity contribution in [2.24, 2.45) is 5.92 Å². The first-order chi connectivity index (χ1) is 11.1. The molecule has 9 heteroatoms. The summed E-state index contributed by atoms with van der Waals surface area (Å²) in [5, 5.41) is 7.47. The van der Waals surface area contributed by atoms with Gasteiger partial charge in [-0.05, 0) is 18.8 Å². The molecule has 0 unspecified atom stereocenters. The molecule has 1 aliphatic rings. The van der Waals surface area contributed by atoms with Crippen LogP contribution < -0.4 is 15.2 Å². The second-order valence-electron chi connectivity index (χ2n) is 5.64. The summed E-state index contributed by atoms with van der Waals surface area (Å²) in [6.45, 7) is 1.43. The van der Waals surface area contributed by atoms with Crippen molar-refractivity contribution in [2.75, 3.05) is 31.3 Å². The number of piperidine rings is 1. The fraction of sp³-hybridized carbons (Fsp3) is 0.500. The van der Waals surface area contributed by atoms with Crippen molar-refractivity contribution in [3.63, 3.8) is 0 Å². The third-order valence-corrected chi connectivity index (χ3v) is 4.99. The second kappa shape index (κ2) is 6.78. The molecule has 0 spiro atoms. The number of nitrogens with one attached hydrogen (secondary N) is 1. The molecule has 1 fully saturated rings. The van der Waals surface area contributed by atoms with Crippen LogP contribution in [-0.2, 0) is 0 Å². The maximum Gasteiger partial charge on any atom is 0.275 e. The van der Waals surface area contributed by atoms with Gasteiger partial charge in [-0.25, -0.2) is 5.10 Å². The van der Waals surface area contributed by atoms with E-state index < -0.39 is 8.38 Å². The van der Waals surface area contributed by atoms with E-state index in [-0.39, 0.29) is 5.56 Å². The Labute approximate surface area is 134 Å². The molecule has 2 aromatic heterocycles. The summed E-state index contributed by atoms with van der Waals surface area (Å²) in [6, 6.07) is 1.69. The summed E-state index contributed by atoms with van der Waals surface area (Å²) >= 11 is 0. The zero-order valence-corrected chi connectivity index (χ0v) is 13.7. The monoisotopic (exact) mass is 338 g/mol. The number of hydrogen-bond acceptors (Lipinski definition) is 7. The van der Waals surface area contributed by atoms with Crippen molar-refractivity contribution in [1.82, 2.24) is 15.2 Å².